The lowest BCUT2D eigenvalue weighted by atomic mass is 9.73. The number of nitrogens with zero attached hydrogens (tertiary/aromatic N) is 3. The summed E-state index contributed by atoms with van der Waals surface area (Å²) < 4.78 is 0. The standard InChI is InChI=1S/C23H25N7O2/c1-2-19(31)30-18-4-3-14(12-26-18)21-25-8-5-16(29-21)17-11-15-20(28-17)23(13-27-22(15)32)6-9-24-10-7-23/h3-5,8,11-12,24,28H,2,6-7,9-10,13H2,1H3,(H,27,32)(H,26,30,31). The van der Waals surface area contributed by atoms with E-state index in [9.17, 15) is 9.59 Å². The average Bonchev–Trinajstić information content (AvgIpc) is 3.30. The summed E-state index contributed by atoms with van der Waals surface area (Å²) in [4.78, 5) is 41.0. The predicted molar refractivity (Wildman–Crippen MR) is 120 cm³/mol. The largest absolute Gasteiger partial charge is 0.356 e. The molecule has 164 valence electrons. The zero-order chi connectivity index (χ0) is 22.1. The number of nitrogens with one attached hydrogen (secondary N) is 4. The molecule has 9 heteroatoms. The molecule has 0 aliphatic carbocycles. The van der Waals surface area contributed by atoms with Gasteiger partial charge in [0.15, 0.2) is 5.82 Å². The quantitative estimate of drug-likeness (QED) is 0.502. The van der Waals surface area contributed by atoms with E-state index < -0.39 is 0 Å². The lowest BCUT2D eigenvalue weighted by Gasteiger charge is -2.40. The average molecular weight is 432 g/mol. The fourth-order valence-corrected chi connectivity index (χ4v) is 4.43. The third-order valence-electron chi connectivity index (χ3n) is 6.28. The normalized spacial score (nSPS) is 17.0. The fourth-order valence-electron chi connectivity index (χ4n) is 4.43. The van der Waals surface area contributed by atoms with Crippen LogP contribution in [0.15, 0.2) is 36.7 Å². The van der Waals surface area contributed by atoms with Crippen molar-refractivity contribution in [2.75, 3.05) is 25.0 Å². The van der Waals surface area contributed by atoms with Crippen molar-refractivity contribution in [3.8, 4) is 22.8 Å². The Bertz CT molecular complexity index is 1160. The number of carbonyl (C=O) groups is 2. The van der Waals surface area contributed by atoms with Gasteiger partial charge in [-0.15, -0.1) is 0 Å². The van der Waals surface area contributed by atoms with Crippen molar-refractivity contribution < 1.29 is 9.59 Å². The molecule has 0 atom stereocenters. The molecule has 0 saturated carbocycles. The summed E-state index contributed by atoms with van der Waals surface area (Å²) in [6.07, 6.45) is 5.68. The van der Waals surface area contributed by atoms with Crippen LogP contribution in [0.4, 0.5) is 5.82 Å². The second-order valence-corrected chi connectivity index (χ2v) is 8.28. The first kappa shape index (κ1) is 20.3. The van der Waals surface area contributed by atoms with Gasteiger partial charge < -0.3 is 20.9 Å². The Morgan fingerprint density at radius 3 is 2.78 bits per heavy atom. The van der Waals surface area contributed by atoms with Gasteiger partial charge in [0, 0.05) is 42.0 Å². The second-order valence-electron chi connectivity index (χ2n) is 8.28. The molecule has 1 spiro atoms. The van der Waals surface area contributed by atoms with Crippen molar-refractivity contribution in [3.05, 3.63) is 47.9 Å². The van der Waals surface area contributed by atoms with E-state index in [1.807, 2.05) is 18.2 Å². The van der Waals surface area contributed by atoms with Crippen LogP contribution in [-0.2, 0) is 10.2 Å². The van der Waals surface area contributed by atoms with Gasteiger partial charge >= 0.3 is 0 Å². The van der Waals surface area contributed by atoms with Gasteiger partial charge in [0.05, 0.1) is 17.0 Å². The lowest BCUT2D eigenvalue weighted by molar-refractivity contribution is -0.115. The minimum atomic E-state index is -0.0882. The first-order valence-electron chi connectivity index (χ1n) is 10.9. The van der Waals surface area contributed by atoms with Gasteiger partial charge in [0.25, 0.3) is 5.91 Å². The highest BCUT2D eigenvalue weighted by Crippen LogP contribution is 2.39. The number of piperidine rings is 1. The number of aromatic nitrogens is 4. The molecule has 0 unspecified atom stereocenters. The van der Waals surface area contributed by atoms with Gasteiger partial charge in [-0.05, 0) is 50.2 Å². The molecule has 0 radical (unpaired) electrons. The zero-order valence-electron chi connectivity index (χ0n) is 17.9. The molecule has 4 N–H and O–H groups in total. The molecule has 2 aliphatic heterocycles. The highest BCUT2D eigenvalue weighted by atomic mass is 16.2. The summed E-state index contributed by atoms with van der Waals surface area (Å²) >= 11 is 0. The Hall–Kier alpha value is -3.59. The van der Waals surface area contributed by atoms with Crippen LogP contribution in [0.1, 0.15) is 42.2 Å². The van der Waals surface area contributed by atoms with Gasteiger partial charge in [0.1, 0.15) is 5.82 Å². The van der Waals surface area contributed by atoms with Gasteiger partial charge in [-0.3, -0.25) is 9.59 Å². The van der Waals surface area contributed by atoms with Crippen molar-refractivity contribution >= 4 is 17.6 Å². The van der Waals surface area contributed by atoms with Crippen LogP contribution < -0.4 is 16.0 Å². The van der Waals surface area contributed by atoms with E-state index in [2.05, 4.69) is 30.9 Å². The molecule has 0 bridgehead atoms. The number of amides is 2. The Morgan fingerprint density at radius 1 is 1.19 bits per heavy atom. The number of hydrogen-bond acceptors (Lipinski definition) is 6. The van der Waals surface area contributed by atoms with Crippen LogP contribution in [0.2, 0.25) is 0 Å². The fraction of sp³-hybridized carbons (Fsp3) is 0.348. The van der Waals surface area contributed by atoms with E-state index in [1.54, 1.807) is 25.4 Å². The van der Waals surface area contributed by atoms with E-state index in [4.69, 9.17) is 4.98 Å². The molecular weight excluding hydrogens is 406 g/mol. The SMILES string of the molecule is CCC(=O)Nc1ccc(-c2nccc(-c3cc4c([nH]3)C3(CCNCC3)CNC4=O)n2)cn1. The van der Waals surface area contributed by atoms with Crippen molar-refractivity contribution in [2.24, 2.45) is 0 Å². The van der Waals surface area contributed by atoms with E-state index in [-0.39, 0.29) is 17.2 Å². The van der Waals surface area contributed by atoms with E-state index in [0.29, 0.717) is 35.9 Å². The first-order valence-corrected chi connectivity index (χ1v) is 10.9. The monoisotopic (exact) mass is 431 g/mol. The van der Waals surface area contributed by atoms with Crippen LogP contribution in [0.3, 0.4) is 0 Å². The summed E-state index contributed by atoms with van der Waals surface area (Å²) in [6, 6.07) is 7.28. The van der Waals surface area contributed by atoms with Crippen molar-refractivity contribution in [1.29, 1.82) is 0 Å². The maximum atomic E-state index is 12.6. The molecule has 2 aliphatic rings. The maximum Gasteiger partial charge on any atom is 0.253 e. The van der Waals surface area contributed by atoms with Crippen molar-refractivity contribution in [1.82, 2.24) is 30.6 Å². The number of fused-ring (bicyclic) bond motifs is 2. The number of hydrogen-bond donors (Lipinski definition) is 4. The van der Waals surface area contributed by atoms with Crippen molar-refractivity contribution in [2.45, 2.75) is 31.6 Å². The number of rotatable bonds is 4. The second kappa shape index (κ2) is 8.16. The summed E-state index contributed by atoms with van der Waals surface area (Å²) in [5.41, 5.74) is 3.90. The highest BCUT2D eigenvalue weighted by Gasteiger charge is 2.42. The molecule has 5 heterocycles. The van der Waals surface area contributed by atoms with E-state index in [0.717, 1.165) is 42.9 Å². The van der Waals surface area contributed by atoms with Gasteiger partial charge in [-0.25, -0.2) is 15.0 Å². The van der Waals surface area contributed by atoms with Crippen LogP contribution >= 0.6 is 0 Å². The number of anilines is 1. The zero-order valence-corrected chi connectivity index (χ0v) is 17.9. The Balaban J connectivity index is 1.46. The topological polar surface area (TPSA) is 125 Å². The van der Waals surface area contributed by atoms with Crippen molar-refractivity contribution in [3.63, 3.8) is 0 Å². The summed E-state index contributed by atoms with van der Waals surface area (Å²) in [5.74, 6) is 0.883. The molecule has 3 aromatic heterocycles. The minimum Gasteiger partial charge on any atom is -0.356 e. The van der Waals surface area contributed by atoms with Gasteiger partial charge in [-0.2, -0.15) is 0 Å². The van der Waals surface area contributed by atoms with Crippen LogP contribution in [0.25, 0.3) is 22.8 Å². The van der Waals surface area contributed by atoms with Crippen LogP contribution in [0.5, 0.6) is 0 Å². The summed E-state index contributed by atoms with van der Waals surface area (Å²) in [7, 11) is 0. The van der Waals surface area contributed by atoms with Crippen LogP contribution in [-0.4, -0.2) is 51.4 Å². The first-order chi connectivity index (χ1) is 15.6. The molecule has 1 fully saturated rings. The third kappa shape index (κ3) is 3.64. The van der Waals surface area contributed by atoms with Gasteiger partial charge in [0.2, 0.25) is 5.91 Å². The Kier molecular flexibility index (Phi) is 5.18. The predicted octanol–water partition coefficient (Wildman–Crippen LogP) is 2.25. The molecule has 2 amide bonds. The van der Waals surface area contributed by atoms with Gasteiger partial charge in [-0.1, -0.05) is 6.92 Å². The third-order valence-corrected chi connectivity index (χ3v) is 6.28. The molecule has 5 rings (SSSR count). The molecular formula is C23H25N7O2. The van der Waals surface area contributed by atoms with E-state index in [1.165, 1.54) is 0 Å². The van der Waals surface area contributed by atoms with Crippen LogP contribution in [0, 0.1) is 0 Å². The molecule has 32 heavy (non-hydrogen) atoms. The molecule has 3 aromatic rings. The summed E-state index contributed by atoms with van der Waals surface area (Å²) in [5, 5.41) is 9.20. The molecule has 1 saturated heterocycles. The lowest BCUT2D eigenvalue weighted by Crippen LogP contribution is -2.51. The summed E-state index contributed by atoms with van der Waals surface area (Å²) in [6.45, 7) is 4.31. The minimum absolute atomic E-state index is 0.0464. The molecule has 0 aromatic carbocycles. The Morgan fingerprint density at radius 2 is 2.03 bits per heavy atom. The number of pyridine rings is 1. The smallest absolute Gasteiger partial charge is 0.253 e. The molecule has 9 nitrogen and oxygen atoms in total. The number of aromatic amines is 1. The number of H-pyrrole nitrogens is 1. The number of carbonyl (C=O) groups excluding carboxylic acids is 2. The Labute approximate surface area is 185 Å². The van der Waals surface area contributed by atoms with E-state index >= 15 is 0 Å². The maximum absolute atomic E-state index is 12.6. The highest BCUT2D eigenvalue weighted by molar-refractivity contribution is 5.98.